The summed E-state index contributed by atoms with van der Waals surface area (Å²) in [6.07, 6.45) is 5.63. The summed E-state index contributed by atoms with van der Waals surface area (Å²) in [5, 5.41) is 10.9. The summed E-state index contributed by atoms with van der Waals surface area (Å²) in [4.78, 5) is 0. The van der Waals surface area contributed by atoms with Gasteiger partial charge in [0.15, 0.2) is 0 Å². The van der Waals surface area contributed by atoms with Gasteiger partial charge < -0.3 is 16.1 Å². The van der Waals surface area contributed by atoms with Gasteiger partial charge in [-0.05, 0) is 54.3 Å². The molecule has 1 aliphatic rings. The summed E-state index contributed by atoms with van der Waals surface area (Å²) in [6, 6.07) is 14.6. The Morgan fingerprint density at radius 2 is 1.97 bits per heavy atom. The molecule has 2 heterocycles. The number of aryl methyl sites for hydroxylation is 1. The van der Waals surface area contributed by atoms with Crippen molar-refractivity contribution in [3.05, 3.63) is 76.7 Å². The first kappa shape index (κ1) is 21.3. The molecule has 1 aliphatic heterocycles. The quantitative estimate of drug-likeness (QED) is 0.537. The molecule has 0 saturated carbocycles. The van der Waals surface area contributed by atoms with Crippen molar-refractivity contribution >= 4 is 23.0 Å². The fourth-order valence-corrected chi connectivity index (χ4v) is 4.25. The number of hydrogen-bond donors (Lipinski definition) is 3. The molecule has 2 aromatic carbocycles. The van der Waals surface area contributed by atoms with Gasteiger partial charge >= 0.3 is 0 Å². The number of hydrogen-bond acceptors (Lipinski definition) is 5. The molecule has 0 bridgehead atoms. The number of hydrazine groups is 1. The van der Waals surface area contributed by atoms with Crippen LogP contribution < -0.4 is 16.5 Å². The van der Waals surface area contributed by atoms with Gasteiger partial charge in [-0.25, -0.2) is 5.43 Å². The fourth-order valence-electron chi connectivity index (χ4n) is 4.12. The molecule has 0 fully saturated rings. The molecule has 0 amide bonds. The van der Waals surface area contributed by atoms with E-state index in [2.05, 4.69) is 46.0 Å². The van der Waals surface area contributed by atoms with Gasteiger partial charge in [0.05, 0.1) is 17.9 Å². The fraction of sp³-hybridized carbons (Fsp3) is 0.292. The Balaban J connectivity index is 1.84. The standard InChI is InChI=1S/C24H29ClN6/c1-4-22(26)24-20-10-5-16(17-14-28-30(3)15-17)13-21(20)23(11-12-31(24)27-2)29-19-8-6-18(25)7-9-19/h5-10,13-15,23,27,29H,4,11-12,26H2,1-3H3/b24-22-. The van der Waals surface area contributed by atoms with Gasteiger partial charge in [0.2, 0.25) is 0 Å². The number of anilines is 1. The Kier molecular flexibility index (Phi) is 6.20. The third kappa shape index (κ3) is 4.40. The average molecular weight is 437 g/mol. The number of fused-ring (bicyclic) bond motifs is 1. The van der Waals surface area contributed by atoms with Gasteiger partial charge in [0.1, 0.15) is 0 Å². The summed E-state index contributed by atoms with van der Waals surface area (Å²) >= 11 is 6.09. The molecule has 4 N–H and O–H groups in total. The van der Waals surface area contributed by atoms with Crippen molar-refractivity contribution < 1.29 is 0 Å². The Morgan fingerprint density at radius 3 is 2.61 bits per heavy atom. The summed E-state index contributed by atoms with van der Waals surface area (Å²) in [6.45, 7) is 2.92. The van der Waals surface area contributed by atoms with Crippen LogP contribution in [-0.2, 0) is 7.05 Å². The van der Waals surface area contributed by atoms with Crippen molar-refractivity contribution in [3.8, 4) is 11.1 Å². The molecule has 1 aromatic heterocycles. The maximum atomic E-state index is 6.51. The number of nitrogens with two attached hydrogens (primary N) is 1. The van der Waals surface area contributed by atoms with Crippen molar-refractivity contribution in [2.45, 2.75) is 25.8 Å². The third-order valence-electron chi connectivity index (χ3n) is 5.77. The van der Waals surface area contributed by atoms with Crippen LogP contribution in [0.15, 0.2) is 60.6 Å². The molecular weight excluding hydrogens is 408 g/mol. The average Bonchev–Trinajstić information content (AvgIpc) is 3.16. The Morgan fingerprint density at radius 1 is 1.19 bits per heavy atom. The molecule has 6 nitrogen and oxygen atoms in total. The van der Waals surface area contributed by atoms with E-state index in [4.69, 9.17) is 17.3 Å². The molecule has 0 radical (unpaired) electrons. The normalized spacial score (nSPS) is 17.8. The first-order valence-corrected chi connectivity index (χ1v) is 11.0. The van der Waals surface area contributed by atoms with E-state index in [-0.39, 0.29) is 6.04 Å². The molecule has 0 spiro atoms. The van der Waals surface area contributed by atoms with E-state index in [0.717, 1.165) is 58.2 Å². The highest BCUT2D eigenvalue weighted by atomic mass is 35.5. The number of rotatable bonds is 5. The second-order valence-corrected chi connectivity index (χ2v) is 8.24. The van der Waals surface area contributed by atoms with Gasteiger partial charge in [-0.1, -0.05) is 30.7 Å². The van der Waals surface area contributed by atoms with Crippen LogP contribution in [0.2, 0.25) is 5.02 Å². The van der Waals surface area contributed by atoms with Gasteiger partial charge in [-0.3, -0.25) is 4.68 Å². The molecule has 7 heteroatoms. The van der Waals surface area contributed by atoms with Gasteiger partial charge in [-0.15, -0.1) is 0 Å². The van der Waals surface area contributed by atoms with Crippen LogP contribution in [-0.4, -0.2) is 28.4 Å². The highest BCUT2D eigenvalue weighted by Crippen LogP contribution is 2.38. The Bertz CT molecular complexity index is 1090. The Hall–Kier alpha value is -2.96. The zero-order valence-electron chi connectivity index (χ0n) is 18.2. The number of allylic oxidation sites excluding steroid dienone is 1. The lowest BCUT2D eigenvalue weighted by atomic mass is 9.93. The minimum Gasteiger partial charge on any atom is -0.400 e. The van der Waals surface area contributed by atoms with Crippen molar-refractivity contribution in [2.24, 2.45) is 12.8 Å². The lowest BCUT2D eigenvalue weighted by Crippen LogP contribution is -2.35. The maximum Gasteiger partial charge on any atom is 0.0782 e. The van der Waals surface area contributed by atoms with E-state index in [0.29, 0.717) is 0 Å². The van der Waals surface area contributed by atoms with Crippen molar-refractivity contribution in [1.82, 2.24) is 20.2 Å². The smallest absolute Gasteiger partial charge is 0.0782 e. The topological polar surface area (TPSA) is 71.1 Å². The number of nitrogens with one attached hydrogen (secondary N) is 2. The van der Waals surface area contributed by atoms with E-state index in [1.54, 1.807) is 0 Å². The first-order valence-electron chi connectivity index (χ1n) is 10.6. The number of halogens is 1. The van der Waals surface area contributed by atoms with Crippen LogP contribution in [0.5, 0.6) is 0 Å². The van der Waals surface area contributed by atoms with Crippen LogP contribution in [0.3, 0.4) is 0 Å². The van der Waals surface area contributed by atoms with E-state index in [1.807, 2.05) is 55.4 Å². The van der Waals surface area contributed by atoms with E-state index in [1.165, 1.54) is 5.56 Å². The largest absolute Gasteiger partial charge is 0.400 e. The minimum absolute atomic E-state index is 0.116. The summed E-state index contributed by atoms with van der Waals surface area (Å²) < 4.78 is 1.83. The zero-order valence-corrected chi connectivity index (χ0v) is 18.9. The van der Waals surface area contributed by atoms with E-state index in [9.17, 15) is 0 Å². The van der Waals surface area contributed by atoms with E-state index < -0.39 is 0 Å². The van der Waals surface area contributed by atoms with Gasteiger partial charge in [0, 0.05) is 54.4 Å². The molecule has 0 saturated heterocycles. The van der Waals surface area contributed by atoms with Crippen LogP contribution in [0.4, 0.5) is 5.69 Å². The second kappa shape index (κ2) is 9.04. The monoisotopic (exact) mass is 436 g/mol. The Labute approximate surface area is 188 Å². The van der Waals surface area contributed by atoms with Gasteiger partial charge in [-0.2, -0.15) is 5.10 Å². The summed E-state index contributed by atoms with van der Waals surface area (Å²) in [5.41, 5.74) is 17.4. The molecule has 1 unspecified atom stereocenters. The first-order chi connectivity index (χ1) is 15.0. The highest BCUT2D eigenvalue weighted by Gasteiger charge is 2.27. The van der Waals surface area contributed by atoms with Crippen molar-refractivity contribution in [1.29, 1.82) is 0 Å². The minimum atomic E-state index is 0.116. The summed E-state index contributed by atoms with van der Waals surface area (Å²) in [7, 11) is 3.88. The maximum absolute atomic E-state index is 6.51. The van der Waals surface area contributed by atoms with Crippen LogP contribution in [0.1, 0.15) is 36.9 Å². The molecule has 31 heavy (non-hydrogen) atoms. The molecular formula is C24H29ClN6. The molecule has 4 rings (SSSR count). The second-order valence-electron chi connectivity index (χ2n) is 7.80. The van der Waals surface area contributed by atoms with Gasteiger partial charge in [0.25, 0.3) is 0 Å². The molecule has 3 aromatic rings. The highest BCUT2D eigenvalue weighted by molar-refractivity contribution is 6.30. The van der Waals surface area contributed by atoms with E-state index >= 15 is 0 Å². The number of aromatic nitrogens is 2. The van der Waals surface area contributed by atoms with Crippen LogP contribution in [0.25, 0.3) is 16.8 Å². The van der Waals surface area contributed by atoms with Crippen molar-refractivity contribution in [3.63, 3.8) is 0 Å². The third-order valence-corrected chi connectivity index (χ3v) is 6.02. The number of nitrogens with zero attached hydrogens (tertiary/aromatic N) is 3. The van der Waals surface area contributed by atoms with Crippen LogP contribution >= 0.6 is 11.6 Å². The zero-order chi connectivity index (χ0) is 22.0. The molecule has 162 valence electrons. The summed E-state index contributed by atoms with van der Waals surface area (Å²) in [5.74, 6) is 0. The lowest BCUT2D eigenvalue weighted by molar-refractivity contribution is 0.311. The van der Waals surface area contributed by atoms with Crippen LogP contribution in [0, 0.1) is 0 Å². The SMILES string of the molecule is CC/C(N)=C1\c2ccc(-c3cnn(C)c3)cc2C(Nc2ccc(Cl)cc2)CCN1NC. The predicted octanol–water partition coefficient (Wildman–Crippen LogP) is 4.77. The molecule has 0 aliphatic carbocycles. The molecule has 1 atom stereocenters. The van der Waals surface area contributed by atoms with Crippen molar-refractivity contribution in [2.75, 3.05) is 18.9 Å². The predicted molar refractivity (Wildman–Crippen MR) is 128 cm³/mol. The number of benzene rings is 2. The lowest BCUT2D eigenvalue weighted by Gasteiger charge is -2.26.